The highest BCUT2D eigenvalue weighted by Crippen LogP contribution is 2.33. The van der Waals surface area contributed by atoms with Crippen LogP contribution in [0.15, 0.2) is 33.7 Å². The smallest absolute Gasteiger partial charge is 0.164 e. The van der Waals surface area contributed by atoms with Gasteiger partial charge in [-0.15, -0.1) is 0 Å². The second-order valence-electron chi connectivity index (χ2n) is 6.14. The van der Waals surface area contributed by atoms with Gasteiger partial charge in [-0.05, 0) is 82.3 Å². The third-order valence-electron chi connectivity index (χ3n) is 3.72. The third-order valence-corrected chi connectivity index (χ3v) is 4.25. The molecule has 134 valence electrons. The van der Waals surface area contributed by atoms with Gasteiger partial charge in [-0.1, -0.05) is 12.1 Å². The van der Waals surface area contributed by atoms with E-state index in [-0.39, 0.29) is 12.2 Å². The summed E-state index contributed by atoms with van der Waals surface area (Å²) in [5, 5.41) is 0. The quantitative estimate of drug-likeness (QED) is 0.500. The molecule has 1 aliphatic rings. The van der Waals surface area contributed by atoms with Crippen molar-refractivity contribution in [2.75, 3.05) is 13.7 Å². The van der Waals surface area contributed by atoms with E-state index in [1.54, 1.807) is 7.11 Å². The molecule has 1 aromatic rings. The number of methoxy groups -OCH3 is 1. The molecule has 4 nitrogen and oxygen atoms in total. The van der Waals surface area contributed by atoms with Crippen molar-refractivity contribution in [2.45, 2.75) is 51.3 Å². The predicted molar refractivity (Wildman–Crippen MR) is 102 cm³/mol. The summed E-state index contributed by atoms with van der Waals surface area (Å²) in [6.45, 7) is 5.18. The second kappa shape index (κ2) is 9.34. The van der Waals surface area contributed by atoms with E-state index in [4.69, 9.17) is 18.9 Å². The van der Waals surface area contributed by atoms with Gasteiger partial charge in [0, 0.05) is 6.61 Å². The van der Waals surface area contributed by atoms with Crippen LogP contribution in [0.2, 0.25) is 0 Å². The highest BCUT2D eigenvalue weighted by atomic mass is 79.9. The first-order valence-electron chi connectivity index (χ1n) is 7.99. The molecule has 1 heterocycles. The number of hydrogen-bond acceptors (Lipinski definition) is 4. The van der Waals surface area contributed by atoms with E-state index in [2.05, 4.69) is 31.9 Å². The second-order valence-corrected chi connectivity index (χ2v) is 8.91. The van der Waals surface area contributed by atoms with Crippen LogP contribution in [-0.2, 0) is 20.8 Å². The van der Waals surface area contributed by atoms with Crippen molar-refractivity contribution in [3.63, 3.8) is 0 Å². The Morgan fingerprint density at radius 2 is 1.92 bits per heavy atom. The van der Waals surface area contributed by atoms with E-state index in [0.29, 0.717) is 13.2 Å². The van der Waals surface area contributed by atoms with Gasteiger partial charge in [-0.25, -0.2) is 0 Å². The minimum Gasteiger partial charge on any atom is -0.497 e. The maximum Gasteiger partial charge on any atom is 0.164 e. The third kappa shape index (κ3) is 6.48. The minimum atomic E-state index is -0.550. The number of ether oxygens (including phenoxy) is 4. The van der Waals surface area contributed by atoms with Gasteiger partial charge in [0.2, 0.25) is 0 Å². The lowest BCUT2D eigenvalue weighted by molar-refractivity contribution is -0.143. The Kier molecular flexibility index (Phi) is 7.75. The Balaban J connectivity index is 1.71. The molecule has 0 bridgehead atoms. The first kappa shape index (κ1) is 19.9. The molecule has 1 aromatic carbocycles. The summed E-state index contributed by atoms with van der Waals surface area (Å²) in [5.41, 5.74) is 1.14. The van der Waals surface area contributed by atoms with Crippen LogP contribution >= 0.6 is 31.9 Å². The van der Waals surface area contributed by atoms with Gasteiger partial charge in [0.15, 0.2) is 5.79 Å². The average Bonchev–Trinajstić information content (AvgIpc) is 2.80. The van der Waals surface area contributed by atoms with E-state index in [9.17, 15) is 0 Å². The molecular weight excluding hydrogens is 440 g/mol. The van der Waals surface area contributed by atoms with E-state index < -0.39 is 5.79 Å². The molecule has 1 fully saturated rings. The summed E-state index contributed by atoms with van der Waals surface area (Å²) in [5.74, 6) is 0.308. The average molecular weight is 464 g/mol. The molecule has 2 rings (SSSR count). The zero-order chi connectivity index (χ0) is 17.6. The number of halogens is 2. The van der Waals surface area contributed by atoms with Crippen LogP contribution < -0.4 is 4.74 Å². The molecular formula is C18H24Br2O4. The molecule has 0 radical (unpaired) electrons. The normalized spacial score (nSPS) is 22.4. The van der Waals surface area contributed by atoms with Crippen LogP contribution in [0.25, 0.3) is 0 Å². The van der Waals surface area contributed by atoms with E-state index >= 15 is 0 Å². The zero-order valence-corrected chi connectivity index (χ0v) is 17.4. The summed E-state index contributed by atoms with van der Waals surface area (Å²) in [6, 6.07) is 7.92. The molecule has 0 saturated carbocycles. The largest absolute Gasteiger partial charge is 0.497 e. The fraction of sp³-hybridized carbons (Fsp3) is 0.556. The molecule has 0 unspecified atom stereocenters. The summed E-state index contributed by atoms with van der Waals surface area (Å²) in [7, 11) is 1.66. The van der Waals surface area contributed by atoms with Gasteiger partial charge in [0.05, 0.1) is 23.2 Å². The van der Waals surface area contributed by atoms with Crippen LogP contribution in [0.3, 0.4) is 0 Å². The predicted octanol–water partition coefficient (Wildman–Crippen LogP) is 5.14. The lowest BCUT2D eigenvalue weighted by Crippen LogP contribution is -2.21. The maximum absolute atomic E-state index is 5.97. The van der Waals surface area contributed by atoms with E-state index in [1.165, 1.54) is 0 Å². The first-order chi connectivity index (χ1) is 11.4. The van der Waals surface area contributed by atoms with Gasteiger partial charge in [-0.3, -0.25) is 0 Å². The number of hydrogen-bond donors (Lipinski definition) is 0. The Labute approximate surface area is 160 Å². The Bertz CT molecular complexity index is 538. The lowest BCUT2D eigenvalue weighted by Gasteiger charge is -2.16. The van der Waals surface area contributed by atoms with Crippen molar-refractivity contribution in [1.82, 2.24) is 0 Å². The van der Waals surface area contributed by atoms with Gasteiger partial charge in [0.25, 0.3) is 0 Å². The number of benzene rings is 1. The van der Waals surface area contributed by atoms with Gasteiger partial charge in [-0.2, -0.15) is 0 Å². The molecule has 0 N–H and O–H groups in total. The molecule has 1 saturated heterocycles. The monoisotopic (exact) mass is 462 g/mol. The molecule has 0 aliphatic carbocycles. The Morgan fingerprint density at radius 3 is 2.54 bits per heavy atom. The SMILES string of the molecule is COc1ccc(COCCC[C@H]2OC(C)(C)O[C@@H]2C=C(Br)Br)cc1. The minimum absolute atomic E-state index is 0.0367. The van der Waals surface area contributed by atoms with Crippen LogP contribution in [0.5, 0.6) is 5.75 Å². The van der Waals surface area contributed by atoms with Gasteiger partial charge >= 0.3 is 0 Å². The first-order valence-corrected chi connectivity index (χ1v) is 9.57. The van der Waals surface area contributed by atoms with Crippen molar-refractivity contribution in [2.24, 2.45) is 0 Å². The Hall–Kier alpha value is -0.400. The summed E-state index contributed by atoms with van der Waals surface area (Å²) < 4.78 is 23.7. The standard InChI is InChI=1S/C18H24Br2O4/c1-18(2)23-15(16(24-18)11-17(19)20)5-4-10-22-12-13-6-8-14(21-3)9-7-13/h6-9,11,15-16H,4-5,10,12H2,1-3H3/t15-,16-/m1/s1. The highest BCUT2D eigenvalue weighted by Gasteiger charge is 2.39. The van der Waals surface area contributed by atoms with Crippen molar-refractivity contribution in [3.05, 3.63) is 39.3 Å². The molecule has 0 amide bonds. The maximum atomic E-state index is 5.97. The zero-order valence-electron chi connectivity index (χ0n) is 14.3. The highest BCUT2D eigenvalue weighted by molar-refractivity contribution is 9.28. The van der Waals surface area contributed by atoms with Crippen molar-refractivity contribution >= 4 is 31.9 Å². The van der Waals surface area contributed by atoms with E-state index in [0.717, 1.165) is 27.5 Å². The topological polar surface area (TPSA) is 36.9 Å². The van der Waals surface area contributed by atoms with Crippen molar-refractivity contribution in [3.8, 4) is 5.75 Å². The van der Waals surface area contributed by atoms with Crippen LogP contribution in [0, 0.1) is 0 Å². The molecule has 0 aromatic heterocycles. The van der Waals surface area contributed by atoms with E-state index in [1.807, 2.05) is 44.2 Å². The van der Waals surface area contributed by atoms with Crippen LogP contribution in [-0.4, -0.2) is 31.7 Å². The van der Waals surface area contributed by atoms with Crippen molar-refractivity contribution in [1.29, 1.82) is 0 Å². The Morgan fingerprint density at radius 1 is 1.21 bits per heavy atom. The van der Waals surface area contributed by atoms with Gasteiger partial charge < -0.3 is 18.9 Å². The summed E-state index contributed by atoms with van der Waals surface area (Å²) in [4.78, 5) is 0. The van der Waals surface area contributed by atoms with Crippen LogP contribution in [0.1, 0.15) is 32.3 Å². The molecule has 6 heteroatoms. The fourth-order valence-electron chi connectivity index (χ4n) is 2.65. The number of rotatable bonds is 8. The summed E-state index contributed by atoms with van der Waals surface area (Å²) >= 11 is 6.77. The molecule has 1 aliphatic heterocycles. The van der Waals surface area contributed by atoms with Crippen LogP contribution in [0.4, 0.5) is 0 Å². The lowest BCUT2D eigenvalue weighted by atomic mass is 10.1. The summed E-state index contributed by atoms with van der Waals surface area (Å²) in [6.07, 6.45) is 3.77. The molecule has 2 atom stereocenters. The van der Waals surface area contributed by atoms with Gasteiger partial charge in [0.1, 0.15) is 11.9 Å². The fourth-order valence-corrected chi connectivity index (χ4v) is 3.17. The van der Waals surface area contributed by atoms with Crippen molar-refractivity contribution < 1.29 is 18.9 Å². The molecule has 0 spiro atoms. The molecule has 24 heavy (non-hydrogen) atoms.